The van der Waals surface area contributed by atoms with Crippen molar-refractivity contribution in [3.05, 3.63) is 17.2 Å². The summed E-state index contributed by atoms with van der Waals surface area (Å²) in [7, 11) is 2.28. The maximum absolute atomic E-state index is 12.8. The molecule has 0 spiro atoms. The summed E-state index contributed by atoms with van der Waals surface area (Å²) in [5.74, 6) is -1.27. The van der Waals surface area contributed by atoms with E-state index in [1.54, 1.807) is 0 Å². The summed E-state index contributed by atoms with van der Waals surface area (Å²) in [6.07, 6.45) is -4.46. The van der Waals surface area contributed by atoms with E-state index >= 15 is 0 Å². The van der Waals surface area contributed by atoms with Gasteiger partial charge in [-0.1, -0.05) is 0 Å². The number of aromatic hydroxyl groups is 1. The number of hydrogen-bond donors (Lipinski definition) is 2. The Balaban J connectivity index is 3.52. The Morgan fingerprint density at radius 1 is 1.28 bits per heavy atom. The van der Waals surface area contributed by atoms with Gasteiger partial charge in [-0.25, -0.2) is 0 Å². The number of benzene rings is 1. The monoisotopic (exact) mass is 265 g/mol. The molecule has 1 rings (SSSR count). The van der Waals surface area contributed by atoms with Crippen LogP contribution in [0.25, 0.3) is 0 Å². The normalized spacial score (nSPS) is 11.4. The van der Waals surface area contributed by atoms with E-state index in [9.17, 15) is 18.3 Å². The Bertz CT molecular complexity index is 433. The highest BCUT2D eigenvalue weighted by Gasteiger charge is 2.37. The molecule has 0 atom stereocenters. The summed E-state index contributed by atoms with van der Waals surface area (Å²) < 4.78 is 47.8. The molecule has 4 nitrogen and oxygen atoms in total. The van der Waals surface area contributed by atoms with E-state index in [1.807, 2.05) is 0 Å². The van der Waals surface area contributed by atoms with Gasteiger partial charge >= 0.3 is 6.18 Å². The molecule has 0 aliphatic rings. The minimum atomic E-state index is -4.64. The summed E-state index contributed by atoms with van der Waals surface area (Å²) in [4.78, 5) is 0. The molecule has 0 saturated heterocycles. The van der Waals surface area contributed by atoms with Gasteiger partial charge in [0.15, 0.2) is 11.5 Å². The third-order valence-electron chi connectivity index (χ3n) is 2.44. The maximum Gasteiger partial charge on any atom is 0.420 e. The SMILES string of the molecule is COc1cc(C(F)(F)F)c(OC)c(O)c1CCN. The zero-order valence-corrected chi connectivity index (χ0v) is 9.97. The van der Waals surface area contributed by atoms with Crippen molar-refractivity contribution in [2.24, 2.45) is 5.73 Å². The van der Waals surface area contributed by atoms with Gasteiger partial charge in [0.1, 0.15) is 11.3 Å². The van der Waals surface area contributed by atoms with E-state index in [0.717, 1.165) is 13.2 Å². The molecular weight excluding hydrogens is 251 g/mol. The standard InChI is InChI=1S/C11H14F3NO3/c1-17-8-5-7(11(12,13)14)10(18-2)9(16)6(8)3-4-15/h5,16H,3-4,15H2,1-2H3. The van der Waals surface area contributed by atoms with E-state index in [4.69, 9.17) is 10.5 Å². The molecule has 7 heteroatoms. The van der Waals surface area contributed by atoms with Crippen molar-refractivity contribution in [3.8, 4) is 17.2 Å². The first-order valence-electron chi connectivity index (χ1n) is 5.10. The van der Waals surface area contributed by atoms with Crippen LogP contribution in [0.4, 0.5) is 13.2 Å². The Labute approximate surface area is 102 Å². The number of hydrogen-bond acceptors (Lipinski definition) is 4. The third kappa shape index (κ3) is 2.61. The topological polar surface area (TPSA) is 64.7 Å². The van der Waals surface area contributed by atoms with Gasteiger partial charge in [-0.05, 0) is 19.0 Å². The molecule has 3 N–H and O–H groups in total. The van der Waals surface area contributed by atoms with Gasteiger partial charge in [0.2, 0.25) is 0 Å². The van der Waals surface area contributed by atoms with Crippen LogP contribution in [0.2, 0.25) is 0 Å². The van der Waals surface area contributed by atoms with Crippen LogP contribution in [-0.2, 0) is 12.6 Å². The van der Waals surface area contributed by atoms with Crippen molar-refractivity contribution >= 4 is 0 Å². The van der Waals surface area contributed by atoms with Crippen LogP contribution in [0.5, 0.6) is 17.2 Å². The van der Waals surface area contributed by atoms with Gasteiger partial charge in [-0.3, -0.25) is 0 Å². The predicted molar refractivity (Wildman–Crippen MR) is 59.0 cm³/mol. The van der Waals surface area contributed by atoms with Crippen LogP contribution in [0.15, 0.2) is 6.07 Å². The quantitative estimate of drug-likeness (QED) is 0.873. The molecule has 0 aliphatic heterocycles. The van der Waals surface area contributed by atoms with Crippen LogP contribution in [0.1, 0.15) is 11.1 Å². The van der Waals surface area contributed by atoms with Crippen LogP contribution < -0.4 is 15.2 Å². The number of phenolic OH excluding ortho intramolecular Hbond substituents is 1. The molecule has 1 aromatic carbocycles. The highest BCUT2D eigenvalue weighted by atomic mass is 19.4. The van der Waals surface area contributed by atoms with Gasteiger partial charge in [-0.2, -0.15) is 13.2 Å². The van der Waals surface area contributed by atoms with E-state index in [-0.39, 0.29) is 24.3 Å². The lowest BCUT2D eigenvalue weighted by Gasteiger charge is -2.18. The summed E-state index contributed by atoms with van der Waals surface area (Å²) in [5, 5.41) is 9.82. The van der Waals surface area contributed by atoms with Crippen molar-refractivity contribution in [1.82, 2.24) is 0 Å². The first kappa shape index (κ1) is 14.4. The molecule has 1 aromatic rings. The van der Waals surface area contributed by atoms with E-state index in [1.165, 1.54) is 7.11 Å². The second-order valence-electron chi connectivity index (χ2n) is 3.52. The average molecular weight is 265 g/mol. The van der Waals surface area contributed by atoms with Crippen LogP contribution in [-0.4, -0.2) is 25.9 Å². The number of methoxy groups -OCH3 is 2. The van der Waals surface area contributed by atoms with Crippen LogP contribution >= 0.6 is 0 Å². The van der Waals surface area contributed by atoms with E-state index < -0.39 is 23.2 Å². The van der Waals surface area contributed by atoms with Crippen LogP contribution in [0, 0.1) is 0 Å². The Morgan fingerprint density at radius 2 is 1.89 bits per heavy atom. The van der Waals surface area contributed by atoms with Crippen molar-refractivity contribution in [1.29, 1.82) is 0 Å². The fourth-order valence-corrected chi connectivity index (χ4v) is 1.65. The second kappa shape index (κ2) is 5.34. The first-order chi connectivity index (χ1) is 8.36. The van der Waals surface area contributed by atoms with Gasteiger partial charge in [-0.15, -0.1) is 0 Å². The number of phenols is 1. The van der Waals surface area contributed by atoms with Gasteiger partial charge < -0.3 is 20.3 Å². The molecule has 102 valence electrons. The minimum Gasteiger partial charge on any atom is -0.504 e. The van der Waals surface area contributed by atoms with E-state index in [2.05, 4.69) is 4.74 Å². The number of halogens is 3. The second-order valence-corrected chi connectivity index (χ2v) is 3.52. The fraction of sp³-hybridized carbons (Fsp3) is 0.455. The van der Waals surface area contributed by atoms with Crippen molar-refractivity contribution in [2.75, 3.05) is 20.8 Å². The Hall–Kier alpha value is -1.63. The van der Waals surface area contributed by atoms with E-state index in [0.29, 0.717) is 0 Å². The zero-order valence-electron chi connectivity index (χ0n) is 9.97. The molecule has 0 fully saturated rings. The molecule has 0 heterocycles. The largest absolute Gasteiger partial charge is 0.504 e. The number of rotatable bonds is 4. The summed E-state index contributed by atoms with van der Waals surface area (Å²) >= 11 is 0. The predicted octanol–water partition coefficient (Wildman–Crippen LogP) is 1.93. The lowest BCUT2D eigenvalue weighted by atomic mass is 10.0. The molecule has 0 amide bonds. The van der Waals surface area contributed by atoms with Crippen molar-refractivity contribution in [3.63, 3.8) is 0 Å². The number of alkyl halides is 3. The number of nitrogens with two attached hydrogens (primary N) is 1. The summed E-state index contributed by atoms with van der Waals surface area (Å²) in [6.45, 7) is 0.165. The zero-order chi connectivity index (χ0) is 13.9. The molecule has 0 aliphatic carbocycles. The maximum atomic E-state index is 12.8. The molecule has 0 unspecified atom stereocenters. The summed E-state index contributed by atoms with van der Waals surface area (Å²) in [5.41, 5.74) is 4.45. The van der Waals surface area contributed by atoms with Gasteiger partial charge in [0.05, 0.1) is 14.2 Å². The Kier molecular flexibility index (Phi) is 4.28. The molecule has 18 heavy (non-hydrogen) atoms. The summed E-state index contributed by atoms with van der Waals surface area (Å²) in [6, 6.07) is 0.795. The lowest BCUT2D eigenvalue weighted by molar-refractivity contribution is -0.139. The van der Waals surface area contributed by atoms with Crippen LogP contribution in [0.3, 0.4) is 0 Å². The lowest BCUT2D eigenvalue weighted by Crippen LogP contribution is -2.11. The minimum absolute atomic E-state index is 0.0638. The van der Waals surface area contributed by atoms with Gasteiger partial charge in [0, 0.05) is 5.56 Å². The molecule has 0 aromatic heterocycles. The Morgan fingerprint density at radius 3 is 2.28 bits per heavy atom. The smallest absolute Gasteiger partial charge is 0.420 e. The molecule has 0 saturated carbocycles. The average Bonchev–Trinajstić information content (AvgIpc) is 2.30. The van der Waals surface area contributed by atoms with Gasteiger partial charge in [0.25, 0.3) is 0 Å². The number of ether oxygens (including phenoxy) is 2. The van der Waals surface area contributed by atoms with Crippen molar-refractivity contribution < 1.29 is 27.8 Å². The molecular formula is C11H14F3NO3. The highest BCUT2D eigenvalue weighted by Crippen LogP contribution is 2.46. The fourth-order valence-electron chi connectivity index (χ4n) is 1.65. The van der Waals surface area contributed by atoms with Crippen molar-refractivity contribution in [2.45, 2.75) is 12.6 Å². The molecule has 0 radical (unpaired) electrons. The molecule has 0 bridgehead atoms. The third-order valence-corrected chi connectivity index (χ3v) is 2.44. The first-order valence-corrected chi connectivity index (χ1v) is 5.10. The highest BCUT2D eigenvalue weighted by molar-refractivity contribution is 5.58.